The van der Waals surface area contributed by atoms with Crippen molar-refractivity contribution in [3.8, 4) is 0 Å². The van der Waals surface area contributed by atoms with Crippen LogP contribution < -0.4 is 5.32 Å². The van der Waals surface area contributed by atoms with Gasteiger partial charge in [-0.15, -0.1) is 0 Å². The Morgan fingerprint density at radius 2 is 1.81 bits per heavy atom. The van der Waals surface area contributed by atoms with Crippen LogP contribution in [0.4, 0.5) is 18.9 Å². The van der Waals surface area contributed by atoms with E-state index in [1.165, 1.54) is 37.8 Å². The van der Waals surface area contributed by atoms with Crippen LogP contribution in [0.3, 0.4) is 0 Å². The molecule has 1 aliphatic carbocycles. The minimum absolute atomic E-state index is 0.0657. The Hall–Kier alpha value is -0.840. The van der Waals surface area contributed by atoms with Gasteiger partial charge in [0.15, 0.2) is 0 Å². The van der Waals surface area contributed by atoms with Gasteiger partial charge in [0.2, 0.25) is 0 Å². The third-order valence-electron chi connectivity index (χ3n) is 4.12. The topological polar surface area (TPSA) is 12.0 Å². The third-order valence-corrected chi connectivity index (χ3v) is 4.86. The molecule has 0 aromatic heterocycles. The molecule has 0 bridgehead atoms. The Kier molecular flexibility index (Phi) is 5.85. The van der Waals surface area contributed by atoms with Crippen LogP contribution in [-0.4, -0.2) is 11.6 Å². The first-order chi connectivity index (χ1) is 9.96. The molecule has 2 rings (SSSR count). The highest BCUT2D eigenvalue weighted by molar-refractivity contribution is 8.00. The predicted octanol–water partition coefficient (Wildman–Crippen LogP) is 6.07. The summed E-state index contributed by atoms with van der Waals surface area (Å²) >= 11 is -0.0657. The summed E-state index contributed by atoms with van der Waals surface area (Å²) in [5, 5.41) is 3.47. The lowest BCUT2D eigenvalue weighted by Crippen LogP contribution is -2.18. The summed E-state index contributed by atoms with van der Waals surface area (Å²) < 4.78 is 36.8. The van der Waals surface area contributed by atoms with Crippen LogP contribution >= 0.6 is 11.8 Å². The number of benzene rings is 1. The molecule has 1 saturated carbocycles. The van der Waals surface area contributed by atoms with Crippen LogP contribution in [0.5, 0.6) is 0 Å². The highest BCUT2D eigenvalue weighted by Gasteiger charge is 2.29. The van der Waals surface area contributed by atoms with Gasteiger partial charge in [0.25, 0.3) is 0 Å². The largest absolute Gasteiger partial charge is 0.446 e. The zero-order valence-electron chi connectivity index (χ0n) is 12.2. The summed E-state index contributed by atoms with van der Waals surface area (Å²) in [6.45, 7) is 2.25. The van der Waals surface area contributed by atoms with Gasteiger partial charge in [0, 0.05) is 16.6 Å². The van der Waals surface area contributed by atoms with E-state index in [0.717, 1.165) is 24.4 Å². The zero-order valence-corrected chi connectivity index (χ0v) is 13.1. The van der Waals surface area contributed by atoms with Gasteiger partial charge in [-0.2, -0.15) is 13.2 Å². The number of rotatable bonds is 4. The molecular formula is C16H22F3NS. The van der Waals surface area contributed by atoms with Crippen molar-refractivity contribution in [1.82, 2.24) is 0 Å². The Bertz CT molecular complexity index is 430. The zero-order chi connectivity index (χ0) is 15.3. The average Bonchev–Trinajstić information content (AvgIpc) is 2.64. The second kappa shape index (κ2) is 7.43. The molecule has 0 radical (unpaired) electrons. The molecule has 0 amide bonds. The van der Waals surface area contributed by atoms with Crippen molar-refractivity contribution >= 4 is 17.4 Å². The molecular weight excluding hydrogens is 295 g/mol. The maximum absolute atomic E-state index is 12.3. The molecule has 0 spiro atoms. The van der Waals surface area contributed by atoms with Crippen molar-refractivity contribution in [2.24, 2.45) is 5.92 Å². The fourth-order valence-corrected chi connectivity index (χ4v) is 3.46. The summed E-state index contributed by atoms with van der Waals surface area (Å²) in [6, 6.07) is 7.01. The lowest BCUT2D eigenvalue weighted by molar-refractivity contribution is -0.0328. The molecule has 0 saturated heterocycles. The maximum Gasteiger partial charge on any atom is 0.446 e. The molecule has 1 fully saturated rings. The van der Waals surface area contributed by atoms with Crippen molar-refractivity contribution in [1.29, 1.82) is 0 Å². The lowest BCUT2D eigenvalue weighted by atomic mass is 9.98. The maximum atomic E-state index is 12.3. The van der Waals surface area contributed by atoms with E-state index in [2.05, 4.69) is 12.2 Å². The second-order valence-corrected chi connectivity index (χ2v) is 6.83. The number of nitrogens with one attached hydrogen (secondary N) is 1. The van der Waals surface area contributed by atoms with E-state index in [-0.39, 0.29) is 16.7 Å². The van der Waals surface area contributed by atoms with E-state index in [1.807, 2.05) is 0 Å². The average molecular weight is 317 g/mol. The van der Waals surface area contributed by atoms with E-state index in [1.54, 1.807) is 12.1 Å². The second-order valence-electron chi connectivity index (χ2n) is 5.70. The van der Waals surface area contributed by atoms with Crippen LogP contribution in [-0.2, 0) is 0 Å². The fourth-order valence-electron chi connectivity index (χ4n) is 2.92. The van der Waals surface area contributed by atoms with Gasteiger partial charge in [0.05, 0.1) is 0 Å². The van der Waals surface area contributed by atoms with Crippen LogP contribution in [0.1, 0.15) is 45.4 Å². The molecule has 1 nitrogen and oxygen atoms in total. The van der Waals surface area contributed by atoms with Gasteiger partial charge in [0.1, 0.15) is 0 Å². The van der Waals surface area contributed by atoms with Gasteiger partial charge in [-0.1, -0.05) is 26.2 Å². The molecule has 1 aromatic carbocycles. The number of alkyl halides is 3. The van der Waals surface area contributed by atoms with Crippen molar-refractivity contribution < 1.29 is 13.2 Å². The Balaban J connectivity index is 1.88. The number of hydrogen-bond acceptors (Lipinski definition) is 2. The number of hydrogen-bond donors (Lipinski definition) is 1. The minimum Gasteiger partial charge on any atom is -0.382 e. The van der Waals surface area contributed by atoms with Crippen LogP contribution in [0.25, 0.3) is 0 Å². The SMILES string of the molecule is CCC1CCCC(Nc2ccc(SC(F)(F)F)cc2)CC1. The minimum atomic E-state index is -4.22. The first-order valence-electron chi connectivity index (χ1n) is 7.58. The molecule has 2 atom stereocenters. The molecule has 1 aromatic rings. The Morgan fingerprint density at radius 3 is 2.43 bits per heavy atom. The van der Waals surface area contributed by atoms with Crippen molar-refractivity contribution in [3.63, 3.8) is 0 Å². The molecule has 1 N–H and O–H groups in total. The van der Waals surface area contributed by atoms with E-state index < -0.39 is 5.51 Å². The van der Waals surface area contributed by atoms with Crippen LogP contribution in [0, 0.1) is 5.92 Å². The van der Waals surface area contributed by atoms with Crippen LogP contribution in [0.15, 0.2) is 29.2 Å². The van der Waals surface area contributed by atoms with E-state index in [9.17, 15) is 13.2 Å². The molecule has 0 heterocycles. The van der Waals surface area contributed by atoms with E-state index in [4.69, 9.17) is 0 Å². The van der Waals surface area contributed by atoms with E-state index in [0.29, 0.717) is 6.04 Å². The lowest BCUT2D eigenvalue weighted by Gasteiger charge is -2.18. The first kappa shape index (κ1) is 16.5. The highest BCUT2D eigenvalue weighted by Crippen LogP contribution is 2.37. The monoisotopic (exact) mass is 317 g/mol. The number of halogens is 3. The molecule has 21 heavy (non-hydrogen) atoms. The predicted molar refractivity (Wildman–Crippen MR) is 82.6 cm³/mol. The first-order valence-corrected chi connectivity index (χ1v) is 8.40. The molecule has 118 valence electrons. The van der Waals surface area contributed by atoms with Crippen molar-refractivity contribution in [2.45, 2.75) is 61.9 Å². The third kappa shape index (κ3) is 5.81. The smallest absolute Gasteiger partial charge is 0.382 e. The molecule has 2 unspecified atom stereocenters. The highest BCUT2D eigenvalue weighted by atomic mass is 32.2. The van der Waals surface area contributed by atoms with Gasteiger partial charge in [-0.3, -0.25) is 0 Å². The summed E-state index contributed by atoms with van der Waals surface area (Å²) in [5.74, 6) is 0.836. The van der Waals surface area contributed by atoms with E-state index >= 15 is 0 Å². The van der Waals surface area contributed by atoms with Gasteiger partial charge >= 0.3 is 5.51 Å². The van der Waals surface area contributed by atoms with Crippen molar-refractivity contribution in [2.75, 3.05) is 5.32 Å². The summed E-state index contributed by atoms with van der Waals surface area (Å²) in [6.07, 6.45) is 7.33. The van der Waals surface area contributed by atoms with Crippen molar-refractivity contribution in [3.05, 3.63) is 24.3 Å². The summed E-state index contributed by atoms with van der Waals surface area (Å²) in [7, 11) is 0. The van der Waals surface area contributed by atoms with Crippen LogP contribution in [0.2, 0.25) is 0 Å². The number of thioether (sulfide) groups is 1. The fraction of sp³-hybridized carbons (Fsp3) is 0.625. The number of anilines is 1. The summed E-state index contributed by atoms with van der Waals surface area (Å²) in [4.78, 5) is 0.236. The van der Waals surface area contributed by atoms with Gasteiger partial charge in [-0.05, 0) is 61.2 Å². The standard InChI is InChI=1S/C16H22F3NS/c1-2-12-4-3-5-13(7-6-12)20-14-8-10-15(11-9-14)21-16(17,18)19/h8-13,20H,2-7H2,1H3. The van der Waals surface area contributed by atoms with Gasteiger partial charge < -0.3 is 5.32 Å². The molecule has 5 heteroatoms. The normalized spacial score (nSPS) is 23.6. The van der Waals surface area contributed by atoms with Gasteiger partial charge in [-0.25, -0.2) is 0 Å². The summed E-state index contributed by atoms with van der Waals surface area (Å²) in [5.41, 5.74) is -3.30. The Labute approximate surface area is 128 Å². The quantitative estimate of drug-likeness (QED) is 0.534. The molecule has 0 aliphatic heterocycles. The Morgan fingerprint density at radius 1 is 1.10 bits per heavy atom. The molecule has 1 aliphatic rings.